The minimum Gasteiger partial charge on any atom is -0.454 e. The van der Waals surface area contributed by atoms with Crippen molar-refractivity contribution in [2.45, 2.75) is 65.6 Å². The summed E-state index contributed by atoms with van der Waals surface area (Å²) in [6, 6.07) is 0. The van der Waals surface area contributed by atoms with Gasteiger partial charge in [0.15, 0.2) is 0 Å². The highest BCUT2D eigenvalue weighted by Crippen LogP contribution is 2.20. The molecule has 2 N–H and O–H groups in total. The smallest absolute Gasteiger partial charge is 0.333 e. The topological polar surface area (TPSA) is 66.8 Å². The molecule has 0 amide bonds. The van der Waals surface area contributed by atoms with Crippen LogP contribution in [0.1, 0.15) is 53.4 Å². The summed E-state index contributed by atoms with van der Waals surface area (Å²) in [5.74, 6) is -0.227. The molecule has 1 rings (SSSR count). The van der Waals surface area contributed by atoms with Crippen LogP contribution in [0.15, 0.2) is 46.6 Å². The van der Waals surface area contributed by atoms with Gasteiger partial charge < -0.3 is 14.9 Å². The normalized spacial score (nSPS) is 21.4. The zero-order chi connectivity index (χ0) is 18.1. The molecular weight excluding hydrogens is 304 g/mol. The number of hydrogen-bond acceptors (Lipinski definition) is 4. The number of rotatable bonds is 8. The van der Waals surface area contributed by atoms with E-state index >= 15 is 0 Å². The van der Waals surface area contributed by atoms with Gasteiger partial charge >= 0.3 is 5.97 Å². The molecule has 0 spiro atoms. The molecule has 0 bridgehead atoms. The van der Waals surface area contributed by atoms with Crippen LogP contribution in [0.25, 0.3) is 0 Å². The zero-order valence-electron chi connectivity index (χ0n) is 15.2. The maximum absolute atomic E-state index is 11.6. The Morgan fingerprint density at radius 2 is 2.04 bits per heavy atom. The lowest BCUT2D eigenvalue weighted by atomic mass is 10.0. The molecule has 2 unspecified atom stereocenters. The number of allylic oxidation sites excluding steroid dienone is 2. The fourth-order valence-corrected chi connectivity index (χ4v) is 2.46. The predicted molar refractivity (Wildman–Crippen MR) is 96.5 cm³/mol. The summed E-state index contributed by atoms with van der Waals surface area (Å²) in [6.07, 6.45) is 10.1. The average molecular weight is 334 g/mol. The number of ether oxygens (including phenoxy) is 1. The van der Waals surface area contributed by atoms with Gasteiger partial charge in [-0.15, -0.1) is 0 Å². The van der Waals surface area contributed by atoms with E-state index < -0.39 is 6.10 Å². The van der Waals surface area contributed by atoms with Crippen LogP contribution in [-0.4, -0.2) is 35.0 Å². The molecular formula is C20H30O4. The van der Waals surface area contributed by atoms with Crippen LogP contribution in [0.3, 0.4) is 0 Å². The first-order valence-corrected chi connectivity index (χ1v) is 8.50. The van der Waals surface area contributed by atoms with Crippen LogP contribution in [0.5, 0.6) is 0 Å². The molecule has 1 heterocycles. The van der Waals surface area contributed by atoms with Crippen LogP contribution < -0.4 is 0 Å². The SMILES string of the molecule is CC(=CCC(O)C(C)=CCO)CCC=C(C)C1CC=C(C)C(=O)O1. The third kappa shape index (κ3) is 6.85. The Balaban J connectivity index is 2.44. The number of aliphatic hydroxyl groups is 2. The number of carbonyl (C=O) groups excluding carboxylic acids is 1. The number of cyclic esters (lactones) is 1. The quantitative estimate of drug-likeness (QED) is 0.526. The number of esters is 1. The molecule has 4 heteroatoms. The van der Waals surface area contributed by atoms with E-state index in [9.17, 15) is 9.90 Å². The summed E-state index contributed by atoms with van der Waals surface area (Å²) in [6.45, 7) is 7.59. The lowest BCUT2D eigenvalue weighted by molar-refractivity contribution is -0.143. The minimum absolute atomic E-state index is 0.0455. The van der Waals surface area contributed by atoms with Crippen LogP contribution in [-0.2, 0) is 9.53 Å². The fourth-order valence-electron chi connectivity index (χ4n) is 2.46. The van der Waals surface area contributed by atoms with Gasteiger partial charge in [-0.3, -0.25) is 0 Å². The molecule has 2 atom stereocenters. The second kappa shape index (κ2) is 10.3. The third-order valence-corrected chi connectivity index (χ3v) is 4.35. The molecule has 1 aliphatic rings. The summed E-state index contributed by atoms with van der Waals surface area (Å²) in [4.78, 5) is 11.6. The average Bonchev–Trinajstić information content (AvgIpc) is 2.55. The molecule has 0 aliphatic carbocycles. The van der Waals surface area contributed by atoms with E-state index in [-0.39, 0.29) is 18.7 Å². The van der Waals surface area contributed by atoms with Crippen LogP contribution in [0.2, 0.25) is 0 Å². The highest BCUT2D eigenvalue weighted by molar-refractivity contribution is 5.88. The first-order valence-electron chi connectivity index (χ1n) is 8.50. The van der Waals surface area contributed by atoms with Crippen LogP contribution in [0.4, 0.5) is 0 Å². The van der Waals surface area contributed by atoms with Crippen molar-refractivity contribution in [3.63, 3.8) is 0 Å². The largest absolute Gasteiger partial charge is 0.454 e. The van der Waals surface area contributed by atoms with Crippen molar-refractivity contribution in [1.29, 1.82) is 0 Å². The van der Waals surface area contributed by atoms with Gasteiger partial charge in [-0.05, 0) is 58.1 Å². The van der Waals surface area contributed by atoms with Crippen molar-refractivity contribution in [2.75, 3.05) is 6.61 Å². The van der Waals surface area contributed by atoms with Crippen molar-refractivity contribution in [3.05, 3.63) is 46.6 Å². The predicted octanol–water partition coefficient (Wildman–Crippen LogP) is 3.61. The molecule has 0 aromatic heterocycles. The van der Waals surface area contributed by atoms with Gasteiger partial charge in [-0.1, -0.05) is 29.9 Å². The summed E-state index contributed by atoms with van der Waals surface area (Å²) in [7, 11) is 0. The Bertz CT molecular complexity index is 552. The van der Waals surface area contributed by atoms with Crippen LogP contribution in [0, 0.1) is 0 Å². The molecule has 0 saturated heterocycles. The zero-order valence-corrected chi connectivity index (χ0v) is 15.2. The summed E-state index contributed by atoms with van der Waals surface area (Å²) in [5, 5.41) is 18.8. The molecule has 0 fully saturated rings. The second-order valence-corrected chi connectivity index (χ2v) is 6.44. The van der Waals surface area contributed by atoms with E-state index in [2.05, 4.69) is 6.08 Å². The van der Waals surface area contributed by atoms with Crippen LogP contribution >= 0.6 is 0 Å². The van der Waals surface area contributed by atoms with Gasteiger partial charge in [0.25, 0.3) is 0 Å². The fraction of sp³-hybridized carbons (Fsp3) is 0.550. The van der Waals surface area contributed by atoms with E-state index in [0.29, 0.717) is 12.0 Å². The number of carbonyl (C=O) groups is 1. The molecule has 0 aromatic rings. The summed E-state index contributed by atoms with van der Waals surface area (Å²) >= 11 is 0. The third-order valence-electron chi connectivity index (χ3n) is 4.35. The molecule has 0 radical (unpaired) electrons. The van der Waals surface area contributed by atoms with E-state index in [1.165, 1.54) is 5.57 Å². The van der Waals surface area contributed by atoms with E-state index in [1.807, 2.05) is 32.9 Å². The van der Waals surface area contributed by atoms with Crippen molar-refractivity contribution in [3.8, 4) is 0 Å². The lowest BCUT2D eigenvalue weighted by Crippen LogP contribution is -2.23. The molecule has 24 heavy (non-hydrogen) atoms. The molecule has 0 saturated carbocycles. The molecule has 1 aliphatic heterocycles. The molecule has 0 aromatic carbocycles. The highest BCUT2D eigenvalue weighted by Gasteiger charge is 2.21. The van der Waals surface area contributed by atoms with Crippen molar-refractivity contribution in [1.82, 2.24) is 0 Å². The van der Waals surface area contributed by atoms with Crippen molar-refractivity contribution in [2.24, 2.45) is 0 Å². The monoisotopic (exact) mass is 334 g/mol. The Morgan fingerprint density at radius 1 is 1.33 bits per heavy atom. The first kappa shape index (κ1) is 20.4. The lowest BCUT2D eigenvalue weighted by Gasteiger charge is -2.21. The van der Waals surface area contributed by atoms with Gasteiger partial charge in [-0.2, -0.15) is 0 Å². The van der Waals surface area contributed by atoms with Crippen molar-refractivity contribution < 1.29 is 19.7 Å². The Labute approximate surface area is 145 Å². The number of hydrogen-bond donors (Lipinski definition) is 2. The minimum atomic E-state index is -0.541. The maximum Gasteiger partial charge on any atom is 0.333 e. The van der Waals surface area contributed by atoms with Gasteiger partial charge in [0, 0.05) is 12.0 Å². The van der Waals surface area contributed by atoms with E-state index in [4.69, 9.17) is 9.84 Å². The molecule has 4 nitrogen and oxygen atoms in total. The summed E-state index contributed by atoms with van der Waals surface area (Å²) in [5.41, 5.74) is 3.77. The number of aliphatic hydroxyl groups excluding tert-OH is 2. The van der Waals surface area contributed by atoms with Crippen molar-refractivity contribution >= 4 is 5.97 Å². The standard InChI is InChI=1S/C20H30O4/c1-14(8-10-18(22)15(2)12-13-21)6-5-7-16(3)19-11-9-17(4)20(23)24-19/h7-9,12,18-19,21-22H,5-6,10-11,13H2,1-4H3. The van der Waals surface area contributed by atoms with Gasteiger partial charge in [0.1, 0.15) is 6.10 Å². The highest BCUT2D eigenvalue weighted by atomic mass is 16.5. The maximum atomic E-state index is 11.6. The van der Waals surface area contributed by atoms with E-state index in [0.717, 1.165) is 30.4 Å². The Morgan fingerprint density at radius 3 is 2.67 bits per heavy atom. The Kier molecular flexibility index (Phi) is 8.72. The second-order valence-electron chi connectivity index (χ2n) is 6.44. The summed E-state index contributed by atoms with van der Waals surface area (Å²) < 4.78 is 5.40. The van der Waals surface area contributed by atoms with Gasteiger partial charge in [0.05, 0.1) is 12.7 Å². The van der Waals surface area contributed by atoms with Gasteiger partial charge in [-0.25, -0.2) is 4.79 Å². The Hall–Kier alpha value is -1.65. The van der Waals surface area contributed by atoms with E-state index in [1.54, 1.807) is 13.0 Å². The van der Waals surface area contributed by atoms with Gasteiger partial charge in [0.2, 0.25) is 0 Å². The molecule has 134 valence electrons. The first-order chi connectivity index (χ1) is 11.3.